The zero-order valence-corrected chi connectivity index (χ0v) is 22.9. The van der Waals surface area contributed by atoms with Gasteiger partial charge in [0.1, 0.15) is 0 Å². The summed E-state index contributed by atoms with van der Waals surface area (Å²) in [6.45, 7) is 9.69. The van der Waals surface area contributed by atoms with Gasteiger partial charge in [0.15, 0.2) is 6.29 Å². The highest BCUT2D eigenvalue weighted by atomic mass is 32.2. The monoisotopic (exact) mass is 516 g/mol. The largest absolute Gasteiger partial charge is 0.401 e. The number of carbonyl (C=O) groups excluding carboxylic acids is 2. The number of rotatable bonds is 10. The summed E-state index contributed by atoms with van der Waals surface area (Å²) in [5, 5.41) is 2.43. The second-order valence-corrected chi connectivity index (χ2v) is 13.0. The predicted octanol–water partition coefficient (Wildman–Crippen LogP) is 1.42. The van der Waals surface area contributed by atoms with Gasteiger partial charge in [0.25, 0.3) is 5.91 Å². The molecule has 202 valence electrons. The summed E-state index contributed by atoms with van der Waals surface area (Å²) in [5.41, 5.74) is 4.91. The van der Waals surface area contributed by atoms with E-state index in [1.165, 1.54) is 16.6 Å². The van der Waals surface area contributed by atoms with Crippen molar-refractivity contribution in [3.63, 3.8) is 0 Å². The number of imide groups is 1. The highest BCUT2D eigenvalue weighted by Crippen LogP contribution is 2.26. The van der Waals surface area contributed by atoms with Crippen LogP contribution in [0.25, 0.3) is 0 Å². The third-order valence-corrected chi connectivity index (χ3v) is 8.34. The molecule has 11 heteroatoms. The van der Waals surface area contributed by atoms with Crippen LogP contribution in [0.5, 0.6) is 0 Å². The molecule has 2 fully saturated rings. The van der Waals surface area contributed by atoms with Crippen molar-refractivity contribution in [2.75, 3.05) is 46.2 Å². The molecule has 0 aromatic rings. The average Bonchev–Trinajstić information content (AvgIpc) is 2.77. The van der Waals surface area contributed by atoms with Crippen molar-refractivity contribution in [3.8, 4) is 0 Å². The molecule has 2 amide bonds. The molecule has 1 unspecified atom stereocenters. The number of ether oxygens (including phenoxy) is 2. The minimum atomic E-state index is -3.24. The first kappa shape index (κ1) is 29.7. The van der Waals surface area contributed by atoms with Gasteiger partial charge >= 0.3 is 0 Å². The van der Waals surface area contributed by atoms with Crippen molar-refractivity contribution < 1.29 is 27.5 Å². The Hall–Kier alpha value is -1.53. The van der Waals surface area contributed by atoms with Crippen LogP contribution in [0.15, 0.2) is 11.8 Å². The second-order valence-electron chi connectivity index (χ2n) is 11.0. The Labute approximate surface area is 210 Å². The molecule has 2 saturated heterocycles. The van der Waals surface area contributed by atoms with Gasteiger partial charge in [0, 0.05) is 43.4 Å². The van der Waals surface area contributed by atoms with Crippen LogP contribution in [-0.4, -0.2) is 87.4 Å². The lowest BCUT2D eigenvalue weighted by atomic mass is 9.90. The van der Waals surface area contributed by atoms with Gasteiger partial charge in [-0.15, -0.1) is 0 Å². The molecule has 2 heterocycles. The Bertz CT molecular complexity index is 880. The van der Waals surface area contributed by atoms with Gasteiger partial charge < -0.3 is 15.2 Å². The molecule has 10 nitrogen and oxygen atoms in total. The van der Waals surface area contributed by atoms with Crippen LogP contribution in [0.4, 0.5) is 0 Å². The molecular weight excluding hydrogens is 472 g/mol. The first-order valence-electron chi connectivity index (χ1n) is 12.4. The summed E-state index contributed by atoms with van der Waals surface area (Å²) >= 11 is 0. The minimum absolute atomic E-state index is 0.107. The van der Waals surface area contributed by atoms with Crippen molar-refractivity contribution in [2.24, 2.45) is 17.1 Å². The van der Waals surface area contributed by atoms with Crippen molar-refractivity contribution >= 4 is 21.8 Å². The van der Waals surface area contributed by atoms with Crippen LogP contribution in [-0.2, 0) is 29.1 Å². The lowest BCUT2D eigenvalue weighted by molar-refractivity contribution is -0.173. The zero-order chi connectivity index (χ0) is 26.4. The van der Waals surface area contributed by atoms with Gasteiger partial charge in [-0.3, -0.25) is 19.8 Å². The van der Waals surface area contributed by atoms with Gasteiger partial charge in [0.05, 0.1) is 18.4 Å². The maximum absolute atomic E-state index is 13.0. The highest BCUT2D eigenvalue weighted by molar-refractivity contribution is 7.88. The maximum Gasteiger partial charge on any atom is 0.252 e. The van der Waals surface area contributed by atoms with E-state index in [9.17, 15) is 18.0 Å². The quantitative estimate of drug-likeness (QED) is 0.417. The van der Waals surface area contributed by atoms with Crippen LogP contribution in [0, 0.1) is 11.3 Å². The molecular formula is C24H44N4O6S. The third kappa shape index (κ3) is 8.82. The number of likely N-dealkylation sites (N-methyl/N-ethyl adjacent to an activating group) is 1. The average molecular weight is 517 g/mol. The molecule has 2 atom stereocenters. The van der Waals surface area contributed by atoms with Crippen LogP contribution < -0.4 is 11.1 Å². The number of carbonyl (C=O) groups is 2. The molecule has 0 spiro atoms. The standard InChI is InChI=1S/C24H44N4O6S/c1-23(2,17-34-21-11-7-8-13-33-21)19(25)14-20(29)26-22(30)24(3,4)27(5)15-18-10-9-12-28(16-18)35(6,31)32/h14,18,21H,7-13,15-17,25H2,1-6H3,(H,26,29,30)/t18-,21?/m0/s1. The lowest BCUT2D eigenvalue weighted by Gasteiger charge is -2.39. The molecule has 0 saturated carbocycles. The smallest absolute Gasteiger partial charge is 0.252 e. The number of hydrogen-bond acceptors (Lipinski definition) is 8. The number of nitrogens with one attached hydrogen (secondary N) is 1. The fourth-order valence-electron chi connectivity index (χ4n) is 4.13. The molecule has 2 aliphatic heterocycles. The molecule has 2 rings (SSSR count). The Morgan fingerprint density at radius 1 is 1.20 bits per heavy atom. The van der Waals surface area contributed by atoms with E-state index >= 15 is 0 Å². The predicted molar refractivity (Wildman–Crippen MR) is 135 cm³/mol. The van der Waals surface area contributed by atoms with E-state index in [4.69, 9.17) is 15.2 Å². The van der Waals surface area contributed by atoms with E-state index in [1.807, 2.05) is 18.7 Å². The Morgan fingerprint density at radius 2 is 1.89 bits per heavy atom. The Morgan fingerprint density at radius 3 is 2.49 bits per heavy atom. The molecule has 2 aliphatic rings. The number of amides is 2. The van der Waals surface area contributed by atoms with Crippen LogP contribution >= 0.6 is 0 Å². The summed E-state index contributed by atoms with van der Waals surface area (Å²) in [5.74, 6) is -0.929. The number of nitrogens with two attached hydrogens (primary N) is 1. The van der Waals surface area contributed by atoms with E-state index in [1.54, 1.807) is 20.9 Å². The Balaban J connectivity index is 1.91. The Kier molecular flexibility index (Phi) is 10.3. The van der Waals surface area contributed by atoms with Crippen LogP contribution in [0.2, 0.25) is 0 Å². The minimum Gasteiger partial charge on any atom is -0.401 e. The normalized spacial score (nSPS) is 23.3. The summed E-state index contributed by atoms with van der Waals surface area (Å²) in [7, 11) is -1.43. The van der Waals surface area contributed by atoms with Crippen molar-refractivity contribution in [1.29, 1.82) is 0 Å². The first-order chi connectivity index (χ1) is 16.1. The third-order valence-electron chi connectivity index (χ3n) is 7.07. The van der Waals surface area contributed by atoms with E-state index in [-0.39, 0.29) is 12.2 Å². The molecule has 35 heavy (non-hydrogen) atoms. The van der Waals surface area contributed by atoms with Gasteiger partial charge in [-0.1, -0.05) is 13.8 Å². The summed E-state index contributed by atoms with van der Waals surface area (Å²) < 4.78 is 36.7. The molecule has 3 N–H and O–H groups in total. The summed E-state index contributed by atoms with van der Waals surface area (Å²) in [6.07, 6.45) is 6.80. The topological polar surface area (TPSA) is 131 Å². The molecule has 0 aliphatic carbocycles. The van der Waals surface area contributed by atoms with E-state index in [0.717, 1.165) is 32.1 Å². The van der Waals surface area contributed by atoms with Gasteiger partial charge in [0.2, 0.25) is 15.9 Å². The summed E-state index contributed by atoms with van der Waals surface area (Å²) in [6, 6.07) is 0. The number of nitrogens with zero attached hydrogens (tertiary/aromatic N) is 2. The van der Waals surface area contributed by atoms with Crippen molar-refractivity contribution in [2.45, 2.75) is 71.6 Å². The second kappa shape index (κ2) is 12.1. The fourth-order valence-corrected chi connectivity index (χ4v) is 5.07. The van der Waals surface area contributed by atoms with Crippen molar-refractivity contribution in [1.82, 2.24) is 14.5 Å². The fraction of sp³-hybridized carbons (Fsp3) is 0.833. The molecule has 0 radical (unpaired) electrons. The van der Waals surface area contributed by atoms with Gasteiger partial charge in [-0.2, -0.15) is 0 Å². The lowest BCUT2D eigenvalue weighted by Crippen LogP contribution is -2.56. The van der Waals surface area contributed by atoms with Gasteiger partial charge in [-0.25, -0.2) is 12.7 Å². The number of hydrogen-bond donors (Lipinski definition) is 2. The van der Waals surface area contributed by atoms with Gasteiger partial charge in [-0.05, 0) is 58.9 Å². The number of piperidine rings is 1. The van der Waals surface area contributed by atoms with E-state index in [2.05, 4.69) is 5.32 Å². The maximum atomic E-state index is 13.0. The van der Waals surface area contributed by atoms with Crippen molar-refractivity contribution in [3.05, 3.63) is 11.8 Å². The summed E-state index contributed by atoms with van der Waals surface area (Å²) in [4.78, 5) is 27.4. The SMILES string of the molecule is CN(C[C@@H]1CCCN(S(C)(=O)=O)C1)C(C)(C)C(=O)NC(=O)C=C(N)C(C)(C)COC1CCCCO1. The van der Waals surface area contributed by atoms with E-state index in [0.29, 0.717) is 38.5 Å². The van der Waals surface area contributed by atoms with Crippen LogP contribution in [0.1, 0.15) is 59.8 Å². The highest BCUT2D eigenvalue weighted by Gasteiger charge is 2.36. The first-order valence-corrected chi connectivity index (χ1v) is 14.2. The molecule has 0 aromatic heterocycles. The molecule has 0 bridgehead atoms. The van der Waals surface area contributed by atoms with E-state index < -0.39 is 32.8 Å². The van der Waals surface area contributed by atoms with Crippen LogP contribution in [0.3, 0.4) is 0 Å². The zero-order valence-electron chi connectivity index (χ0n) is 22.1. The number of sulfonamides is 1. The molecule has 0 aromatic carbocycles.